The summed E-state index contributed by atoms with van der Waals surface area (Å²) in [6.07, 6.45) is -0.419. The van der Waals surface area contributed by atoms with Crippen molar-refractivity contribution in [2.45, 2.75) is 57.7 Å². The summed E-state index contributed by atoms with van der Waals surface area (Å²) in [5.74, 6) is -2.63. The van der Waals surface area contributed by atoms with Gasteiger partial charge in [0.2, 0.25) is 5.91 Å². The zero-order valence-corrected chi connectivity index (χ0v) is 12.6. The third-order valence-electron chi connectivity index (χ3n) is 4.80. The van der Waals surface area contributed by atoms with Gasteiger partial charge in [-0.05, 0) is 39.2 Å². The van der Waals surface area contributed by atoms with Gasteiger partial charge in [0, 0.05) is 25.0 Å². The van der Waals surface area contributed by atoms with Crippen molar-refractivity contribution in [2.75, 3.05) is 19.6 Å². The lowest BCUT2D eigenvalue weighted by Gasteiger charge is -2.36. The summed E-state index contributed by atoms with van der Waals surface area (Å²) in [5, 5.41) is 3.30. The van der Waals surface area contributed by atoms with Crippen molar-refractivity contribution >= 4 is 5.91 Å². The number of amides is 1. The third kappa shape index (κ3) is 4.11. The number of rotatable bonds is 4. The topological polar surface area (TPSA) is 32.3 Å². The van der Waals surface area contributed by atoms with Crippen LogP contribution in [0, 0.1) is 11.8 Å². The molecular weight excluding hydrogens is 281 g/mol. The highest BCUT2D eigenvalue weighted by molar-refractivity contribution is 5.79. The van der Waals surface area contributed by atoms with Crippen molar-refractivity contribution in [2.24, 2.45) is 11.8 Å². The predicted molar refractivity (Wildman–Crippen MR) is 74.8 cm³/mol. The molecular formula is C15H25F3N2O. The molecule has 2 fully saturated rings. The van der Waals surface area contributed by atoms with Crippen LogP contribution in [0.15, 0.2) is 0 Å². The number of hydrogen-bond acceptors (Lipinski definition) is 2. The van der Waals surface area contributed by atoms with Gasteiger partial charge in [0.25, 0.3) is 0 Å². The average Bonchev–Trinajstić information content (AvgIpc) is 2.96. The van der Waals surface area contributed by atoms with Crippen LogP contribution in [-0.2, 0) is 4.79 Å². The van der Waals surface area contributed by atoms with E-state index in [0.717, 1.165) is 25.8 Å². The number of likely N-dealkylation sites (N-methyl/N-ethyl adjacent to an activating group) is 1. The Kier molecular flexibility index (Phi) is 5.52. The smallest absolute Gasteiger partial charge is 0.341 e. The van der Waals surface area contributed by atoms with Crippen LogP contribution >= 0.6 is 0 Å². The molecule has 3 nitrogen and oxygen atoms in total. The molecule has 1 aliphatic carbocycles. The molecule has 3 atom stereocenters. The molecule has 0 aromatic carbocycles. The molecule has 1 heterocycles. The lowest BCUT2D eigenvalue weighted by molar-refractivity contribution is -0.200. The highest BCUT2D eigenvalue weighted by Gasteiger charge is 2.48. The molecule has 2 aliphatic rings. The van der Waals surface area contributed by atoms with Crippen molar-refractivity contribution in [3.8, 4) is 0 Å². The lowest BCUT2D eigenvalue weighted by atomic mass is 9.78. The van der Waals surface area contributed by atoms with Crippen molar-refractivity contribution in [1.82, 2.24) is 10.2 Å². The summed E-state index contributed by atoms with van der Waals surface area (Å²) in [6, 6.07) is 0.238. The van der Waals surface area contributed by atoms with Gasteiger partial charge in [-0.3, -0.25) is 4.79 Å². The summed E-state index contributed by atoms with van der Waals surface area (Å²) in [4.78, 5) is 14.2. The average molecular weight is 306 g/mol. The maximum absolute atomic E-state index is 13.1. The summed E-state index contributed by atoms with van der Waals surface area (Å²) in [7, 11) is 0. The largest absolute Gasteiger partial charge is 0.392 e. The van der Waals surface area contributed by atoms with Crippen LogP contribution in [0.5, 0.6) is 0 Å². The van der Waals surface area contributed by atoms with Gasteiger partial charge in [-0.1, -0.05) is 12.8 Å². The fourth-order valence-electron chi connectivity index (χ4n) is 3.61. The first kappa shape index (κ1) is 16.6. The van der Waals surface area contributed by atoms with E-state index in [1.807, 2.05) is 6.92 Å². The molecule has 0 aromatic heterocycles. The van der Waals surface area contributed by atoms with Crippen LogP contribution < -0.4 is 5.32 Å². The second-order valence-electron chi connectivity index (χ2n) is 6.21. The molecule has 1 N–H and O–H groups in total. The number of nitrogens with one attached hydrogen (secondary N) is 1. The van der Waals surface area contributed by atoms with Crippen LogP contribution in [-0.4, -0.2) is 42.7 Å². The van der Waals surface area contributed by atoms with Gasteiger partial charge in [0.05, 0.1) is 5.92 Å². The Labute approximate surface area is 124 Å². The highest BCUT2D eigenvalue weighted by Crippen LogP contribution is 2.42. The Morgan fingerprint density at radius 3 is 2.48 bits per heavy atom. The number of alkyl halides is 3. The summed E-state index contributed by atoms with van der Waals surface area (Å²) in [6.45, 7) is 3.80. The summed E-state index contributed by atoms with van der Waals surface area (Å²) in [5.41, 5.74) is 0. The fraction of sp³-hybridized carbons (Fsp3) is 0.933. The molecule has 1 saturated carbocycles. The molecule has 3 unspecified atom stereocenters. The molecule has 122 valence electrons. The number of carbonyl (C=O) groups excluding carboxylic acids is 1. The second kappa shape index (κ2) is 6.99. The van der Waals surface area contributed by atoms with Gasteiger partial charge in [-0.15, -0.1) is 0 Å². The van der Waals surface area contributed by atoms with Gasteiger partial charge in [0.15, 0.2) is 0 Å². The molecule has 0 bridgehead atoms. The maximum atomic E-state index is 13.1. The first-order valence-corrected chi connectivity index (χ1v) is 8.02. The van der Waals surface area contributed by atoms with E-state index in [2.05, 4.69) is 5.32 Å². The molecule has 0 radical (unpaired) electrons. The van der Waals surface area contributed by atoms with Crippen molar-refractivity contribution < 1.29 is 18.0 Å². The van der Waals surface area contributed by atoms with Gasteiger partial charge in [-0.2, -0.15) is 13.2 Å². The van der Waals surface area contributed by atoms with Crippen LogP contribution in [0.3, 0.4) is 0 Å². The van der Waals surface area contributed by atoms with Gasteiger partial charge in [-0.25, -0.2) is 0 Å². The van der Waals surface area contributed by atoms with Crippen LogP contribution in [0.1, 0.15) is 45.4 Å². The SMILES string of the molecule is CCN(CC1CCCN1)C(=O)C1CCCCC1C(F)(F)F. The normalized spacial score (nSPS) is 30.4. The van der Waals surface area contributed by atoms with Crippen molar-refractivity contribution in [3.05, 3.63) is 0 Å². The highest BCUT2D eigenvalue weighted by atomic mass is 19.4. The number of hydrogen-bond donors (Lipinski definition) is 1. The van der Waals surface area contributed by atoms with E-state index in [9.17, 15) is 18.0 Å². The monoisotopic (exact) mass is 306 g/mol. The zero-order valence-electron chi connectivity index (χ0n) is 12.6. The maximum Gasteiger partial charge on any atom is 0.392 e. The Balaban J connectivity index is 2.03. The molecule has 21 heavy (non-hydrogen) atoms. The van der Waals surface area contributed by atoms with E-state index >= 15 is 0 Å². The van der Waals surface area contributed by atoms with E-state index < -0.39 is 18.0 Å². The number of carbonyl (C=O) groups is 1. The molecule has 1 saturated heterocycles. The van der Waals surface area contributed by atoms with E-state index in [4.69, 9.17) is 0 Å². The van der Waals surface area contributed by atoms with Gasteiger partial charge >= 0.3 is 6.18 Å². The van der Waals surface area contributed by atoms with Crippen LogP contribution in [0.2, 0.25) is 0 Å². The Morgan fingerprint density at radius 1 is 1.19 bits per heavy atom. The van der Waals surface area contributed by atoms with Gasteiger partial charge < -0.3 is 10.2 Å². The standard InChI is InChI=1S/C15H25F3N2O/c1-2-20(10-11-6-5-9-19-11)14(21)12-7-3-4-8-13(12)15(16,17)18/h11-13,19H,2-10H2,1H3. The fourth-order valence-corrected chi connectivity index (χ4v) is 3.61. The molecule has 6 heteroatoms. The van der Waals surface area contributed by atoms with E-state index in [0.29, 0.717) is 25.9 Å². The Morgan fingerprint density at radius 2 is 1.90 bits per heavy atom. The first-order valence-electron chi connectivity index (χ1n) is 8.02. The quantitative estimate of drug-likeness (QED) is 0.866. The second-order valence-corrected chi connectivity index (χ2v) is 6.21. The summed E-state index contributed by atoms with van der Waals surface area (Å²) >= 11 is 0. The van der Waals surface area contributed by atoms with Crippen LogP contribution in [0.25, 0.3) is 0 Å². The van der Waals surface area contributed by atoms with Crippen molar-refractivity contribution in [3.63, 3.8) is 0 Å². The third-order valence-corrected chi connectivity index (χ3v) is 4.80. The molecule has 0 spiro atoms. The van der Waals surface area contributed by atoms with E-state index in [-0.39, 0.29) is 18.4 Å². The minimum absolute atomic E-state index is 0.0964. The minimum Gasteiger partial charge on any atom is -0.341 e. The zero-order chi connectivity index (χ0) is 15.5. The van der Waals surface area contributed by atoms with E-state index in [1.165, 1.54) is 0 Å². The number of halogens is 3. The molecule has 2 rings (SSSR count). The Bertz CT molecular complexity index is 353. The Hall–Kier alpha value is -0.780. The van der Waals surface area contributed by atoms with Crippen LogP contribution in [0.4, 0.5) is 13.2 Å². The van der Waals surface area contributed by atoms with Gasteiger partial charge in [0.1, 0.15) is 0 Å². The molecule has 1 aliphatic heterocycles. The number of nitrogens with zero attached hydrogens (tertiary/aromatic N) is 1. The predicted octanol–water partition coefficient (Wildman–Crippen LogP) is 2.96. The van der Waals surface area contributed by atoms with E-state index in [1.54, 1.807) is 4.90 Å². The lowest BCUT2D eigenvalue weighted by Crippen LogP contribution is -2.48. The molecule has 0 aromatic rings. The minimum atomic E-state index is -4.26. The van der Waals surface area contributed by atoms with Crippen molar-refractivity contribution in [1.29, 1.82) is 0 Å². The molecule has 1 amide bonds. The summed E-state index contributed by atoms with van der Waals surface area (Å²) < 4.78 is 39.4. The first-order chi connectivity index (χ1) is 9.93.